The van der Waals surface area contributed by atoms with Gasteiger partial charge in [-0.3, -0.25) is 4.79 Å². The van der Waals surface area contributed by atoms with Crippen LogP contribution in [0.2, 0.25) is 0 Å². The van der Waals surface area contributed by atoms with E-state index in [0.717, 1.165) is 21.2 Å². The molecule has 0 spiro atoms. The van der Waals surface area contributed by atoms with Crippen LogP contribution >= 0.6 is 11.8 Å². The van der Waals surface area contributed by atoms with Crippen molar-refractivity contribution in [3.05, 3.63) is 48.5 Å². The lowest BCUT2D eigenvalue weighted by Gasteiger charge is -2.34. The molecule has 2 aromatic carbocycles. The fourth-order valence-electron chi connectivity index (χ4n) is 2.94. The van der Waals surface area contributed by atoms with Gasteiger partial charge in [-0.15, -0.1) is 0 Å². The van der Waals surface area contributed by atoms with Crippen LogP contribution in [0.4, 0.5) is 5.69 Å². The van der Waals surface area contributed by atoms with Crippen LogP contribution in [0, 0.1) is 5.41 Å². The van der Waals surface area contributed by atoms with Crippen molar-refractivity contribution in [3.63, 3.8) is 0 Å². The van der Waals surface area contributed by atoms with E-state index in [-0.39, 0.29) is 5.91 Å². The van der Waals surface area contributed by atoms with Gasteiger partial charge in [-0.1, -0.05) is 11.8 Å². The summed E-state index contributed by atoms with van der Waals surface area (Å²) in [6.07, 6.45) is 1.33. The van der Waals surface area contributed by atoms with E-state index < -0.39 is 5.41 Å². The first-order valence-corrected chi connectivity index (χ1v) is 9.48. The van der Waals surface area contributed by atoms with Gasteiger partial charge < -0.3 is 20.5 Å². The number of nitrogens with one attached hydrogen (secondary N) is 1. The number of amides is 1. The van der Waals surface area contributed by atoms with E-state index in [1.165, 1.54) is 0 Å². The highest BCUT2D eigenvalue weighted by Crippen LogP contribution is 2.32. The SMILES string of the molecule is COc1ccc(Sc2ccc(NC(=O)C3(CN)CCOCC3)cc2)cc1. The van der Waals surface area contributed by atoms with Crippen molar-refractivity contribution in [1.29, 1.82) is 0 Å². The molecule has 1 saturated heterocycles. The lowest BCUT2D eigenvalue weighted by molar-refractivity contribution is -0.130. The van der Waals surface area contributed by atoms with Crippen molar-refractivity contribution in [2.75, 3.05) is 32.2 Å². The van der Waals surface area contributed by atoms with Gasteiger partial charge in [0.15, 0.2) is 0 Å². The topological polar surface area (TPSA) is 73.6 Å². The van der Waals surface area contributed by atoms with Crippen LogP contribution in [0.25, 0.3) is 0 Å². The van der Waals surface area contributed by atoms with Gasteiger partial charge >= 0.3 is 0 Å². The van der Waals surface area contributed by atoms with Gasteiger partial charge in [0.2, 0.25) is 5.91 Å². The summed E-state index contributed by atoms with van der Waals surface area (Å²) < 4.78 is 10.5. The molecule has 0 radical (unpaired) electrons. The van der Waals surface area contributed by atoms with E-state index in [0.29, 0.717) is 32.6 Å². The number of rotatable bonds is 6. The Morgan fingerprint density at radius 3 is 2.23 bits per heavy atom. The average molecular weight is 372 g/mol. The van der Waals surface area contributed by atoms with Crippen LogP contribution in [0.1, 0.15) is 12.8 Å². The second kappa shape index (κ2) is 8.58. The summed E-state index contributed by atoms with van der Waals surface area (Å²) in [5, 5.41) is 3.01. The Balaban J connectivity index is 1.62. The number of anilines is 1. The van der Waals surface area contributed by atoms with E-state index in [1.807, 2.05) is 48.5 Å². The predicted molar refractivity (Wildman–Crippen MR) is 104 cm³/mol. The lowest BCUT2D eigenvalue weighted by atomic mass is 9.79. The maximum atomic E-state index is 12.7. The molecule has 26 heavy (non-hydrogen) atoms. The largest absolute Gasteiger partial charge is 0.497 e. The third-order valence-electron chi connectivity index (χ3n) is 4.73. The molecule has 1 amide bonds. The molecule has 0 unspecified atom stereocenters. The van der Waals surface area contributed by atoms with E-state index in [9.17, 15) is 4.79 Å². The Kier molecular flexibility index (Phi) is 6.19. The first-order valence-electron chi connectivity index (χ1n) is 8.66. The minimum atomic E-state index is -0.519. The summed E-state index contributed by atoms with van der Waals surface area (Å²) in [7, 11) is 1.66. The average Bonchev–Trinajstić information content (AvgIpc) is 2.70. The summed E-state index contributed by atoms with van der Waals surface area (Å²) >= 11 is 1.66. The Hall–Kier alpha value is -2.02. The molecule has 1 aliphatic rings. The van der Waals surface area contributed by atoms with E-state index >= 15 is 0 Å². The maximum absolute atomic E-state index is 12.7. The van der Waals surface area contributed by atoms with Crippen molar-refractivity contribution in [2.45, 2.75) is 22.6 Å². The number of carbonyl (C=O) groups excluding carboxylic acids is 1. The molecule has 3 rings (SSSR count). The standard InChI is InChI=1S/C20H24N2O3S/c1-24-16-4-8-18(9-5-16)26-17-6-2-15(3-7-17)22-19(23)20(14-21)10-12-25-13-11-20/h2-9H,10-14,21H2,1H3,(H,22,23). The number of benzene rings is 2. The first kappa shape index (κ1) is 18.8. The van der Waals surface area contributed by atoms with Crippen LogP contribution < -0.4 is 15.8 Å². The molecule has 1 fully saturated rings. The third kappa shape index (κ3) is 4.38. The van der Waals surface area contributed by atoms with Crippen LogP contribution in [-0.2, 0) is 9.53 Å². The number of carbonyl (C=O) groups is 1. The van der Waals surface area contributed by atoms with Crippen molar-refractivity contribution < 1.29 is 14.3 Å². The zero-order chi connectivity index (χ0) is 18.4. The second-order valence-corrected chi connectivity index (χ2v) is 7.50. The molecule has 1 aliphatic heterocycles. The Morgan fingerprint density at radius 2 is 1.69 bits per heavy atom. The number of nitrogens with two attached hydrogens (primary N) is 1. The van der Waals surface area contributed by atoms with Crippen LogP contribution in [-0.4, -0.2) is 32.8 Å². The van der Waals surface area contributed by atoms with Gasteiger partial charge in [-0.25, -0.2) is 0 Å². The smallest absolute Gasteiger partial charge is 0.232 e. The molecule has 3 N–H and O–H groups in total. The summed E-state index contributed by atoms with van der Waals surface area (Å²) in [5.41, 5.74) is 6.16. The quantitative estimate of drug-likeness (QED) is 0.811. The molecule has 1 heterocycles. The molecule has 2 aromatic rings. The number of ether oxygens (including phenoxy) is 2. The molecule has 0 bridgehead atoms. The Labute approximate surface area is 158 Å². The first-order chi connectivity index (χ1) is 12.6. The normalized spacial score (nSPS) is 16.1. The molecule has 0 atom stereocenters. The zero-order valence-corrected chi connectivity index (χ0v) is 15.7. The summed E-state index contributed by atoms with van der Waals surface area (Å²) in [6.45, 7) is 1.51. The monoisotopic (exact) mass is 372 g/mol. The van der Waals surface area contributed by atoms with E-state index in [2.05, 4.69) is 5.32 Å². The van der Waals surface area contributed by atoms with E-state index in [1.54, 1.807) is 18.9 Å². The lowest BCUT2D eigenvalue weighted by Crippen LogP contribution is -2.46. The molecule has 0 saturated carbocycles. The molecule has 138 valence electrons. The highest BCUT2D eigenvalue weighted by molar-refractivity contribution is 7.99. The highest BCUT2D eigenvalue weighted by Gasteiger charge is 2.38. The van der Waals surface area contributed by atoms with Crippen molar-refractivity contribution in [1.82, 2.24) is 0 Å². The minimum Gasteiger partial charge on any atom is -0.497 e. The van der Waals surface area contributed by atoms with Gasteiger partial charge in [0.05, 0.1) is 12.5 Å². The second-order valence-electron chi connectivity index (χ2n) is 6.35. The van der Waals surface area contributed by atoms with Crippen LogP contribution in [0.3, 0.4) is 0 Å². The number of hydrogen-bond acceptors (Lipinski definition) is 5. The molecule has 6 heteroatoms. The zero-order valence-electron chi connectivity index (χ0n) is 14.9. The van der Waals surface area contributed by atoms with Gasteiger partial charge in [0.1, 0.15) is 5.75 Å². The van der Waals surface area contributed by atoms with Gasteiger partial charge in [-0.05, 0) is 61.4 Å². The predicted octanol–water partition coefficient (Wildman–Crippen LogP) is 3.54. The summed E-state index contributed by atoms with van der Waals surface area (Å²) in [4.78, 5) is 14.9. The molecule has 0 aromatic heterocycles. The maximum Gasteiger partial charge on any atom is 0.232 e. The fraction of sp³-hybridized carbons (Fsp3) is 0.350. The molecule has 0 aliphatic carbocycles. The Morgan fingerprint density at radius 1 is 1.12 bits per heavy atom. The van der Waals surface area contributed by atoms with Gasteiger partial charge in [0.25, 0.3) is 0 Å². The van der Waals surface area contributed by atoms with Crippen molar-refractivity contribution >= 4 is 23.4 Å². The fourth-order valence-corrected chi connectivity index (χ4v) is 3.75. The highest BCUT2D eigenvalue weighted by atomic mass is 32.2. The third-order valence-corrected chi connectivity index (χ3v) is 5.75. The van der Waals surface area contributed by atoms with Gasteiger partial charge in [-0.2, -0.15) is 0 Å². The summed E-state index contributed by atoms with van der Waals surface area (Å²) in [6, 6.07) is 15.8. The van der Waals surface area contributed by atoms with Gasteiger partial charge in [0, 0.05) is 35.2 Å². The molecular formula is C20H24N2O3S. The summed E-state index contributed by atoms with van der Waals surface area (Å²) in [5.74, 6) is 0.827. The van der Waals surface area contributed by atoms with E-state index in [4.69, 9.17) is 15.2 Å². The van der Waals surface area contributed by atoms with Crippen molar-refractivity contribution in [3.8, 4) is 5.75 Å². The number of methoxy groups -OCH3 is 1. The van der Waals surface area contributed by atoms with Crippen molar-refractivity contribution in [2.24, 2.45) is 11.1 Å². The number of hydrogen-bond donors (Lipinski definition) is 2. The molecular weight excluding hydrogens is 348 g/mol. The molecule has 5 nitrogen and oxygen atoms in total. The Bertz CT molecular complexity index is 726. The minimum absolute atomic E-state index is 0.0149. The van der Waals surface area contributed by atoms with Crippen LogP contribution in [0.15, 0.2) is 58.3 Å². The van der Waals surface area contributed by atoms with Crippen LogP contribution in [0.5, 0.6) is 5.75 Å².